The molecule has 100 valence electrons. The second kappa shape index (κ2) is 5.04. The molecule has 8 heteroatoms. The molecule has 0 atom stereocenters. The standard InChI is InChI=1S/C11H10BrN3O4/c1-11(2)18-9(16)6(10(17)19-11)3-14-8-5-13-7(12)4-15-8/h3-6H,1-2H3/b14-3+. The number of hydrogen-bond acceptors (Lipinski definition) is 7. The lowest BCUT2D eigenvalue weighted by atomic mass is 10.1. The summed E-state index contributed by atoms with van der Waals surface area (Å²) in [6.07, 6.45) is 3.98. The van der Waals surface area contributed by atoms with E-state index in [0.29, 0.717) is 4.60 Å². The third kappa shape index (κ3) is 3.34. The van der Waals surface area contributed by atoms with Gasteiger partial charge in [0.1, 0.15) is 4.60 Å². The number of aliphatic imine (C=N–C) groups is 1. The van der Waals surface area contributed by atoms with Crippen LogP contribution in [0.3, 0.4) is 0 Å². The predicted octanol–water partition coefficient (Wildman–Crippen LogP) is 1.39. The molecule has 0 aromatic carbocycles. The fourth-order valence-electron chi connectivity index (χ4n) is 1.37. The first kappa shape index (κ1) is 13.6. The molecular weight excluding hydrogens is 318 g/mol. The number of esters is 2. The summed E-state index contributed by atoms with van der Waals surface area (Å²) in [6, 6.07) is 0. The highest BCUT2D eigenvalue weighted by Gasteiger charge is 2.42. The molecule has 0 radical (unpaired) electrons. The van der Waals surface area contributed by atoms with E-state index in [9.17, 15) is 9.59 Å². The largest absolute Gasteiger partial charge is 0.422 e. The van der Waals surface area contributed by atoms with E-state index in [2.05, 4.69) is 30.9 Å². The Morgan fingerprint density at radius 3 is 2.42 bits per heavy atom. The van der Waals surface area contributed by atoms with Crippen molar-refractivity contribution >= 4 is 39.9 Å². The van der Waals surface area contributed by atoms with Crippen LogP contribution in [0.15, 0.2) is 22.0 Å². The molecule has 1 saturated heterocycles. The Balaban J connectivity index is 2.12. The highest BCUT2D eigenvalue weighted by atomic mass is 79.9. The van der Waals surface area contributed by atoms with Crippen molar-refractivity contribution in [1.82, 2.24) is 9.97 Å². The lowest BCUT2D eigenvalue weighted by Crippen LogP contribution is -2.46. The van der Waals surface area contributed by atoms with E-state index in [4.69, 9.17) is 9.47 Å². The number of carbonyl (C=O) groups excluding carboxylic acids is 2. The van der Waals surface area contributed by atoms with Gasteiger partial charge in [-0.05, 0) is 15.9 Å². The first-order valence-corrected chi connectivity index (χ1v) is 6.14. The number of halogens is 1. The molecule has 0 saturated carbocycles. The molecule has 7 nitrogen and oxygen atoms in total. The van der Waals surface area contributed by atoms with Crippen molar-refractivity contribution in [3.8, 4) is 0 Å². The lowest BCUT2D eigenvalue weighted by Gasteiger charge is -2.31. The maximum atomic E-state index is 11.6. The van der Waals surface area contributed by atoms with Crippen molar-refractivity contribution in [3.05, 3.63) is 17.0 Å². The molecule has 0 bridgehead atoms. The van der Waals surface area contributed by atoms with Crippen molar-refractivity contribution in [2.75, 3.05) is 0 Å². The minimum Gasteiger partial charge on any atom is -0.422 e. The van der Waals surface area contributed by atoms with E-state index >= 15 is 0 Å². The summed E-state index contributed by atoms with van der Waals surface area (Å²) in [5.74, 6) is -3.55. The van der Waals surface area contributed by atoms with Gasteiger partial charge in [0.15, 0.2) is 11.7 Å². The number of aromatic nitrogens is 2. The Hall–Kier alpha value is -1.83. The molecular formula is C11H10BrN3O4. The molecule has 2 rings (SSSR count). The number of nitrogens with zero attached hydrogens (tertiary/aromatic N) is 3. The van der Waals surface area contributed by atoms with Crippen LogP contribution in [-0.4, -0.2) is 33.9 Å². The second-order valence-electron chi connectivity index (χ2n) is 4.20. The van der Waals surface area contributed by atoms with E-state index in [1.54, 1.807) is 0 Å². The number of carbonyl (C=O) groups is 2. The van der Waals surface area contributed by atoms with Gasteiger partial charge in [0.25, 0.3) is 5.79 Å². The maximum absolute atomic E-state index is 11.6. The summed E-state index contributed by atoms with van der Waals surface area (Å²) in [7, 11) is 0. The zero-order valence-corrected chi connectivity index (χ0v) is 11.7. The van der Waals surface area contributed by atoms with E-state index in [-0.39, 0.29) is 5.82 Å². The van der Waals surface area contributed by atoms with Gasteiger partial charge in [0, 0.05) is 20.1 Å². The average molecular weight is 328 g/mol. The summed E-state index contributed by atoms with van der Waals surface area (Å²) in [4.78, 5) is 35.0. The fourth-order valence-corrected chi connectivity index (χ4v) is 1.58. The number of hydrogen-bond donors (Lipinski definition) is 0. The van der Waals surface area contributed by atoms with Crippen LogP contribution in [0.1, 0.15) is 13.8 Å². The third-order valence-corrected chi connectivity index (χ3v) is 2.57. The quantitative estimate of drug-likeness (QED) is 0.463. The number of cyclic esters (lactones) is 2. The van der Waals surface area contributed by atoms with Crippen LogP contribution < -0.4 is 0 Å². The average Bonchev–Trinajstić information content (AvgIpc) is 2.29. The van der Waals surface area contributed by atoms with Gasteiger partial charge in [-0.1, -0.05) is 0 Å². The van der Waals surface area contributed by atoms with Crippen molar-refractivity contribution in [2.45, 2.75) is 19.6 Å². The summed E-state index contributed by atoms with van der Waals surface area (Å²) in [5, 5.41) is 0. The number of rotatable bonds is 2. The van der Waals surface area contributed by atoms with Gasteiger partial charge in [-0.3, -0.25) is 9.59 Å². The second-order valence-corrected chi connectivity index (χ2v) is 5.01. The minimum atomic E-state index is -1.24. The lowest BCUT2D eigenvalue weighted by molar-refractivity contribution is -0.235. The zero-order valence-electron chi connectivity index (χ0n) is 10.2. The van der Waals surface area contributed by atoms with Gasteiger partial charge in [-0.25, -0.2) is 15.0 Å². The summed E-state index contributed by atoms with van der Waals surface area (Å²) in [6.45, 7) is 2.97. The Labute approximate surface area is 117 Å². The van der Waals surface area contributed by atoms with Gasteiger partial charge in [-0.15, -0.1) is 0 Å². The highest BCUT2D eigenvalue weighted by molar-refractivity contribution is 9.10. The van der Waals surface area contributed by atoms with Crippen LogP contribution >= 0.6 is 15.9 Å². The Morgan fingerprint density at radius 1 is 1.26 bits per heavy atom. The third-order valence-electron chi connectivity index (χ3n) is 2.16. The first-order chi connectivity index (χ1) is 8.87. The number of ether oxygens (including phenoxy) is 2. The normalized spacial score (nSPS) is 19.3. The Kier molecular flexibility index (Phi) is 3.61. The van der Waals surface area contributed by atoms with E-state index in [0.717, 1.165) is 6.21 Å². The van der Waals surface area contributed by atoms with Gasteiger partial charge in [0.2, 0.25) is 0 Å². The Morgan fingerprint density at radius 2 is 1.89 bits per heavy atom. The molecule has 1 fully saturated rings. The van der Waals surface area contributed by atoms with Crippen molar-refractivity contribution in [2.24, 2.45) is 10.9 Å². The van der Waals surface area contributed by atoms with Crippen LogP contribution in [0.4, 0.5) is 5.82 Å². The van der Waals surface area contributed by atoms with Crippen molar-refractivity contribution < 1.29 is 19.1 Å². The monoisotopic (exact) mass is 327 g/mol. The van der Waals surface area contributed by atoms with Crippen molar-refractivity contribution in [1.29, 1.82) is 0 Å². The highest BCUT2D eigenvalue weighted by Crippen LogP contribution is 2.22. The van der Waals surface area contributed by atoms with E-state index in [1.807, 2.05) is 0 Å². The van der Waals surface area contributed by atoms with Crippen LogP contribution in [-0.2, 0) is 19.1 Å². The molecule has 0 unspecified atom stereocenters. The molecule has 1 aliphatic rings. The molecule has 0 aliphatic carbocycles. The maximum Gasteiger partial charge on any atom is 0.329 e. The summed E-state index contributed by atoms with van der Waals surface area (Å²) < 4.78 is 10.5. The summed E-state index contributed by atoms with van der Waals surface area (Å²) >= 11 is 3.13. The van der Waals surface area contributed by atoms with Gasteiger partial charge >= 0.3 is 11.9 Å². The minimum absolute atomic E-state index is 0.272. The van der Waals surface area contributed by atoms with Crippen LogP contribution in [0.5, 0.6) is 0 Å². The first-order valence-electron chi connectivity index (χ1n) is 5.35. The summed E-state index contributed by atoms with van der Waals surface area (Å²) in [5.41, 5.74) is 0. The van der Waals surface area contributed by atoms with E-state index in [1.165, 1.54) is 26.2 Å². The molecule has 0 amide bonds. The zero-order chi connectivity index (χ0) is 14.0. The Bertz CT molecular complexity index is 521. The van der Waals surface area contributed by atoms with Crippen LogP contribution in [0, 0.1) is 5.92 Å². The van der Waals surface area contributed by atoms with Crippen LogP contribution in [0.25, 0.3) is 0 Å². The van der Waals surface area contributed by atoms with Gasteiger partial charge in [0.05, 0.1) is 12.4 Å². The van der Waals surface area contributed by atoms with Gasteiger partial charge < -0.3 is 9.47 Å². The van der Waals surface area contributed by atoms with Gasteiger partial charge in [-0.2, -0.15) is 0 Å². The van der Waals surface area contributed by atoms with E-state index < -0.39 is 23.6 Å². The molecule has 1 aliphatic heterocycles. The van der Waals surface area contributed by atoms with Crippen LogP contribution in [0.2, 0.25) is 0 Å². The SMILES string of the molecule is CC1(C)OC(=O)C(/C=N/c2cnc(Br)cn2)C(=O)O1. The molecule has 19 heavy (non-hydrogen) atoms. The topological polar surface area (TPSA) is 90.7 Å². The molecule has 2 heterocycles. The fraction of sp³-hybridized carbons (Fsp3) is 0.364. The molecule has 0 N–H and O–H groups in total. The molecule has 1 aromatic heterocycles. The molecule has 1 aromatic rings. The smallest absolute Gasteiger partial charge is 0.329 e. The predicted molar refractivity (Wildman–Crippen MR) is 67.6 cm³/mol. The molecule has 0 spiro atoms. The van der Waals surface area contributed by atoms with Crippen molar-refractivity contribution in [3.63, 3.8) is 0 Å².